The number of nitrogens with one attached hydrogen (secondary N) is 1. The molecule has 2 heterocycles. The molecule has 0 radical (unpaired) electrons. The molecule has 0 saturated carbocycles. The Labute approximate surface area is 166 Å². The van der Waals surface area contributed by atoms with Gasteiger partial charge in [0.2, 0.25) is 0 Å². The number of likely N-dealkylation sites (tertiary alicyclic amines) is 1. The molecule has 0 atom stereocenters. The second-order valence-corrected chi connectivity index (χ2v) is 7.62. The van der Waals surface area contributed by atoms with Gasteiger partial charge in [0, 0.05) is 43.5 Å². The lowest BCUT2D eigenvalue weighted by Crippen LogP contribution is -2.45. The van der Waals surface area contributed by atoms with E-state index in [4.69, 9.17) is 0 Å². The molecule has 0 unspecified atom stereocenters. The molecule has 4 rings (SSSR count). The second kappa shape index (κ2) is 8.46. The van der Waals surface area contributed by atoms with Gasteiger partial charge >= 0.3 is 0 Å². The van der Waals surface area contributed by atoms with Gasteiger partial charge in [-0.05, 0) is 49.9 Å². The minimum atomic E-state index is -0.0105. The molecule has 2 amide bonds. The maximum atomic E-state index is 12.9. The third-order valence-electron chi connectivity index (χ3n) is 5.73. The molecule has 2 aliphatic rings. The second-order valence-electron chi connectivity index (χ2n) is 7.62. The van der Waals surface area contributed by atoms with E-state index in [1.165, 1.54) is 0 Å². The number of carbonyl (C=O) groups is 2. The number of rotatable bonds is 4. The molecule has 2 aliphatic heterocycles. The van der Waals surface area contributed by atoms with E-state index < -0.39 is 0 Å². The highest BCUT2D eigenvalue weighted by atomic mass is 16.2. The van der Waals surface area contributed by atoms with Crippen molar-refractivity contribution in [2.75, 3.05) is 31.1 Å². The summed E-state index contributed by atoms with van der Waals surface area (Å²) in [5.41, 5.74) is 2.52. The van der Waals surface area contributed by atoms with Crippen LogP contribution in [0.2, 0.25) is 0 Å². The van der Waals surface area contributed by atoms with E-state index in [2.05, 4.69) is 10.2 Å². The maximum Gasteiger partial charge on any atom is 0.255 e. The average Bonchev–Trinajstić information content (AvgIpc) is 3.29. The lowest BCUT2D eigenvalue weighted by molar-refractivity contribution is 0.0793. The fourth-order valence-electron chi connectivity index (χ4n) is 4.14. The summed E-state index contributed by atoms with van der Waals surface area (Å²) in [6.07, 6.45) is 3.95. The first-order valence-corrected chi connectivity index (χ1v) is 10.2. The highest BCUT2D eigenvalue weighted by molar-refractivity contribution is 6.00. The molecule has 5 heteroatoms. The van der Waals surface area contributed by atoms with E-state index in [1.54, 1.807) is 0 Å². The van der Waals surface area contributed by atoms with Crippen LogP contribution in [0.5, 0.6) is 0 Å². The van der Waals surface area contributed by atoms with E-state index in [9.17, 15) is 9.59 Å². The van der Waals surface area contributed by atoms with E-state index in [0.29, 0.717) is 5.56 Å². The normalized spacial score (nSPS) is 17.6. The monoisotopic (exact) mass is 377 g/mol. The van der Waals surface area contributed by atoms with E-state index in [-0.39, 0.29) is 17.9 Å². The summed E-state index contributed by atoms with van der Waals surface area (Å²) in [7, 11) is 0. The van der Waals surface area contributed by atoms with Gasteiger partial charge in [0.15, 0.2) is 0 Å². The molecule has 2 saturated heterocycles. The minimum Gasteiger partial charge on any atom is -0.371 e. The zero-order valence-electron chi connectivity index (χ0n) is 16.1. The highest BCUT2D eigenvalue weighted by Crippen LogP contribution is 2.26. The van der Waals surface area contributed by atoms with Crippen LogP contribution in [0.25, 0.3) is 0 Å². The van der Waals surface area contributed by atoms with Crippen molar-refractivity contribution in [2.24, 2.45) is 0 Å². The molecule has 0 aliphatic carbocycles. The molecule has 1 N–H and O–H groups in total. The summed E-state index contributed by atoms with van der Waals surface area (Å²) >= 11 is 0. The fraction of sp³-hybridized carbons (Fsp3) is 0.391. The lowest BCUT2D eigenvalue weighted by Gasteiger charge is -2.35. The molecule has 28 heavy (non-hydrogen) atoms. The van der Waals surface area contributed by atoms with Crippen molar-refractivity contribution in [3.63, 3.8) is 0 Å². The molecule has 2 fully saturated rings. The predicted molar refractivity (Wildman–Crippen MR) is 111 cm³/mol. The molecular formula is C23H27N3O2. The quantitative estimate of drug-likeness (QED) is 0.889. The molecule has 2 aromatic rings. The van der Waals surface area contributed by atoms with Gasteiger partial charge in [0.25, 0.3) is 11.8 Å². The summed E-state index contributed by atoms with van der Waals surface area (Å²) in [6.45, 7) is 3.40. The van der Waals surface area contributed by atoms with Crippen LogP contribution in [-0.4, -0.2) is 48.9 Å². The van der Waals surface area contributed by atoms with Crippen molar-refractivity contribution < 1.29 is 9.59 Å². The van der Waals surface area contributed by atoms with Crippen molar-refractivity contribution in [2.45, 2.75) is 31.7 Å². The third-order valence-corrected chi connectivity index (χ3v) is 5.73. The average molecular weight is 377 g/mol. The zero-order valence-corrected chi connectivity index (χ0v) is 16.1. The standard InChI is InChI=1S/C23H27N3O2/c27-22(18-8-2-1-3-9-18)24-19-12-16-25(17-13-19)21-11-5-4-10-20(21)23(28)26-14-6-7-15-26/h1-5,8-11,19H,6-7,12-17H2,(H,24,27). The van der Waals surface area contributed by atoms with Gasteiger partial charge in [-0.3, -0.25) is 9.59 Å². The van der Waals surface area contributed by atoms with Crippen LogP contribution >= 0.6 is 0 Å². The Morgan fingerprint density at radius 3 is 2.18 bits per heavy atom. The Morgan fingerprint density at radius 1 is 0.821 bits per heavy atom. The summed E-state index contributed by atoms with van der Waals surface area (Å²) in [4.78, 5) is 29.5. The first-order chi connectivity index (χ1) is 13.7. The Morgan fingerprint density at radius 2 is 1.46 bits per heavy atom. The number of anilines is 1. The number of hydrogen-bond donors (Lipinski definition) is 1. The summed E-state index contributed by atoms with van der Waals surface area (Å²) in [5, 5.41) is 3.15. The van der Waals surface area contributed by atoms with Crippen molar-refractivity contribution in [1.82, 2.24) is 10.2 Å². The number of benzene rings is 2. The maximum absolute atomic E-state index is 12.9. The van der Waals surface area contributed by atoms with Crippen molar-refractivity contribution in [3.05, 3.63) is 65.7 Å². The molecule has 0 aromatic heterocycles. The summed E-state index contributed by atoms with van der Waals surface area (Å²) < 4.78 is 0. The SMILES string of the molecule is O=C(NC1CCN(c2ccccc2C(=O)N2CCCC2)CC1)c1ccccc1. The lowest BCUT2D eigenvalue weighted by atomic mass is 10.0. The Kier molecular flexibility index (Phi) is 5.60. The molecule has 5 nitrogen and oxygen atoms in total. The molecule has 146 valence electrons. The topological polar surface area (TPSA) is 52.7 Å². The largest absolute Gasteiger partial charge is 0.371 e. The molecule has 0 bridgehead atoms. The summed E-state index contributed by atoms with van der Waals surface area (Å²) in [5.74, 6) is 0.135. The van der Waals surface area contributed by atoms with Gasteiger partial charge in [-0.1, -0.05) is 30.3 Å². The van der Waals surface area contributed by atoms with Gasteiger partial charge in [-0.2, -0.15) is 0 Å². The number of hydrogen-bond acceptors (Lipinski definition) is 3. The predicted octanol–water partition coefficient (Wildman–Crippen LogP) is 3.32. The number of piperidine rings is 1. The van der Waals surface area contributed by atoms with E-state index >= 15 is 0 Å². The molecular weight excluding hydrogens is 350 g/mol. The first kappa shape index (κ1) is 18.5. The van der Waals surface area contributed by atoms with Gasteiger partial charge < -0.3 is 15.1 Å². The third kappa shape index (κ3) is 4.03. The summed E-state index contributed by atoms with van der Waals surface area (Å²) in [6, 6.07) is 17.5. The Bertz CT molecular complexity index is 823. The first-order valence-electron chi connectivity index (χ1n) is 10.2. The minimum absolute atomic E-state index is 0.0105. The smallest absolute Gasteiger partial charge is 0.255 e. The van der Waals surface area contributed by atoms with Crippen molar-refractivity contribution in [1.29, 1.82) is 0 Å². The van der Waals surface area contributed by atoms with Crippen LogP contribution in [0, 0.1) is 0 Å². The molecule has 0 spiro atoms. The van der Waals surface area contributed by atoms with E-state index in [1.807, 2.05) is 59.5 Å². The van der Waals surface area contributed by atoms with Gasteiger partial charge in [-0.15, -0.1) is 0 Å². The fourth-order valence-corrected chi connectivity index (χ4v) is 4.14. The van der Waals surface area contributed by atoms with E-state index in [0.717, 1.165) is 63.1 Å². The zero-order chi connectivity index (χ0) is 19.3. The number of carbonyl (C=O) groups excluding carboxylic acids is 2. The van der Waals surface area contributed by atoms with Gasteiger partial charge in [-0.25, -0.2) is 0 Å². The van der Waals surface area contributed by atoms with Crippen LogP contribution < -0.4 is 10.2 Å². The van der Waals surface area contributed by atoms with Gasteiger partial charge in [0.05, 0.1) is 5.56 Å². The Hall–Kier alpha value is -2.82. The van der Waals surface area contributed by atoms with Gasteiger partial charge in [0.1, 0.15) is 0 Å². The highest BCUT2D eigenvalue weighted by Gasteiger charge is 2.26. The van der Waals surface area contributed by atoms with Crippen LogP contribution in [0.4, 0.5) is 5.69 Å². The van der Waals surface area contributed by atoms with Crippen molar-refractivity contribution >= 4 is 17.5 Å². The number of amides is 2. The number of para-hydroxylation sites is 1. The Balaban J connectivity index is 1.39. The molecule has 2 aromatic carbocycles. The van der Waals surface area contributed by atoms with Crippen LogP contribution in [-0.2, 0) is 0 Å². The van der Waals surface area contributed by atoms with Crippen LogP contribution in [0.1, 0.15) is 46.4 Å². The van der Waals surface area contributed by atoms with Crippen LogP contribution in [0.3, 0.4) is 0 Å². The number of nitrogens with zero attached hydrogens (tertiary/aromatic N) is 2. The van der Waals surface area contributed by atoms with Crippen LogP contribution in [0.15, 0.2) is 54.6 Å². The van der Waals surface area contributed by atoms with Crippen molar-refractivity contribution in [3.8, 4) is 0 Å².